The lowest BCUT2D eigenvalue weighted by atomic mass is 10.1. The van der Waals surface area contributed by atoms with Gasteiger partial charge in [0.25, 0.3) is 0 Å². The van der Waals surface area contributed by atoms with Gasteiger partial charge in [0.1, 0.15) is 6.04 Å². The van der Waals surface area contributed by atoms with Crippen molar-refractivity contribution in [2.45, 2.75) is 57.0 Å². The molecule has 3 rings (SSSR count). The molecule has 0 aromatic carbocycles. The van der Waals surface area contributed by atoms with Gasteiger partial charge in [0.05, 0.1) is 6.54 Å². The van der Waals surface area contributed by atoms with Crippen LogP contribution in [0.4, 0.5) is 0 Å². The second-order valence-corrected chi connectivity index (χ2v) is 6.30. The van der Waals surface area contributed by atoms with Gasteiger partial charge < -0.3 is 15.1 Å². The Morgan fingerprint density at radius 3 is 2.62 bits per heavy atom. The van der Waals surface area contributed by atoms with E-state index >= 15 is 0 Å². The first-order valence-electron chi connectivity index (χ1n) is 8.03. The summed E-state index contributed by atoms with van der Waals surface area (Å²) < 4.78 is 0. The minimum Gasteiger partial charge on any atom is -0.352 e. The first-order valence-corrected chi connectivity index (χ1v) is 8.03. The van der Waals surface area contributed by atoms with Crippen molar-refractivity contribution in [3.05, 3.63) is 0 Å². The quantitative estimate of drug-likeness (QED) is 0.809. The zero-order valence-electron chi connectivity index (χ0n) is 12.3. The highest BCUT2D eigenvalue weighted by Crippen LogP contribution is 2.23. The maximum Gasteiger partial charge on any atom is 0.243 e. The van der Waals surface area contributed by atoms with E-state index in [1.807, 2.05) is 0 Å². The number of nitrogens with zero attached hydrogens (tertiary/aromatic N) is 2. The van der Waals surface area contributed by atoms with Gasteiger partial charge in [0.2, 0.25) is 17.7 Å². The first-order chi connectivity index (χ1) is 10.1. The van der Waals surface area contributed by atoms with E-state index in [4.69, 9.17) is 0 Å². The van der Waals surface area contributed by atoms with Crippen LogP contribution in [0.2, 0.25) is 0 Å². The van der Waals surface area contributed by atoms with Crippen LogP contribution in [0, 0.1) is 0 Å². The Morgan fingerprint density at radius 1 is 1.10 bits per heavy atom. The Bertz CT molecular complexity index is 447. The molecular formula is C15H23N3O3. The lowest BCUT2D eigenvalue weighted by Crippen LogP contribution is -2.50. The predicted octanol–water partition coefficient (Wildman–Crippen LogP) is 0.268. The highest BCUT2D eigenvalue weighted by atomic mass is 16.2. The zero-order chi connectivity index (χ0) is 14.8. The third kappa shape index (κ3) is 3.36. The van der Waals surface area contributed by atoms with Crippen molar-refractivity contribution in [1.82, 2.24) is 15.1 Å². The molecule has 1 saturated carbocycles. The van der Waals surface area contributed by atoms with Crippen LogP contribution in [0.25, 0.3) is 0 Å². The molecule has 0 radical (unpaired) electrons. The summed E-state index contributed by atoms with van der Waals surface area (Å²) >= 11 is 0. The highest BCUT2D eigenvalue weighted by molar-refractivity contribution is 5.91. The van der Waals surface area contributed by atoms with Gasteiger partial charge in [-0.1, -0.05) is 0 Å². The lowest BCUT2D eigenvalue weighted by Gasteiger charge is -2.30. The molecule has 6 nitrogen and oxygen atoms in total. The van der Waals surface area contributed by atoms with Crippen molar-refractivity contribution in [3.63, 3.8) is 0 Å². The van der Waals surface area contributed by atoms with E-state index < -0.39 is 0 Å². The zero-order valence-corrected chi connectivity index (χ0v) is 12.3. The molecule has 2 saturated heterocycles. The number of rotatable bonds is 4. The number of likely N-dealkylation sites (tertiary alicyclic amines) is 2. The van der Waals surface area contributed by atoms with Crippen LogP contribution >= 0.6 is 0 Å². The fourth-order valence-electron chi connectivity index (χ4n) is 3.15. The molecular weight excluding hydrogens is 270 g/mol. The molecule has 116 valence electrons. The summed E-state index contributed by atoms with van der Waals surface area (Å²) in [4.78, 5) is 39.7. The number of hydrogen-bond acceptors (Lipinski definition) is 3. The topological polar surface area (TPSA) is 69.7 Å². The SMILES string of the molecule is O=C(NC1CC1)C1CCCN1C(=O)CN1CCCCC1=O. The van der Waals surface area contributed by atoms with Gasteiger partial charge in [-0.2, -0.15) is 0 Å². The van der Waals surface area contributed by atoms with E-state index in [1.54, 1.807) is 9.80 Å². The van der Waals surface area contributed by atoms with Crippen LogP contribution in [0.5, 0.6) is 0 Å². The predicted molar refractivity (Wildman–Crippen MR) is 76.3 cm³/mol. The van der Waals surface area contributed by atoms with Crippen molar-refractivity contribution in [2.24, 2.45) is 0 Å². The summed E-state index contributed by atoms with van der Waals surface area (Å²) in [6.07, 6.45) is 6.12. The van der Waals surface area contributed by atoms with Crippen molar-refractivity contribution >= 4 is 17.7 Å². The first kappa shape index (κ1) is 14.4. The molecule has 1 N–H and O–H groups in total. The Kier molecular flexibility index (Phi) is 4.12. The monoisotopic (exact) mass is 293 g/mol. The van der Waals surface area contributed by atoms with Crippen LogP contribution in [0.3, 0.4) is 0 Å². The minimum atomic E-state index is -0.335. The van der Waals surface area contributed by atoms with Crippen LogP contribution in [-0.2, 0) is 14.4 Å². The van der Waals surface area contributed by atoms with E-state index in [0.29, 0.717) is 25.6 Å². The molecule has 0 spiro atoms. The second-order valence-electron chi connectivity index (χ2n) is 6.30. The molecule has 1 aliphatic carbocycles. The van der Waals surface area contributed by atoms with Gasteiger partial charge in [0.15, 0.2) is 0 Å². The summed E-state index contributed by atoms with van der Waals surface area (Å²) in [6, 6.07) is -0.0169. The van der Waals surface area contributed by atoms with Crippen LogP contribution in [-0.4, -0.2) is 59.2 Å². The van der Waals surface area contributed by atoms with Crippen molar-refractivity contribution < 1.29 is 14.4 Å². The normalized spacial score (nSPS) is 26.1. The third-order valence-corrected chi connectivity index (χ3v) is 4.55. The van der Waals surface area contributed by atoms with Crippen LogP contribution in [0.1, 0.15) is 44.9 Å². The number of carbonyl (C=O) groups is 3. The molecule has 21 heavy (non-hydrogen) atoms. The average Bonchev–Trinajstić information content (AvgIpc) is 3.14. The Hall–Kier alpha value is -1.59. The molecule has 0 bridgehead atoms. The summed E-state index contributed by atoms with van der Waals surface area (Å²) in [5, 5.41) is 2.98. The maximum atomic E-state index is 12.4. The Balaban J connectivity index is 1.57. The van der Waals surface area contributed by atoms with Gasteiger partial charge in [0, 0.05) is 25.6 Å². The molecule has 3 fully saturated rings. The van der Waals surface area contributed by atoms with E-state index in [-0.39, 0.29) is 30.3 Å². The minimum absolute atomic E-state index is 0.0201. The summed E-state index contributed by atoms with van der Waals surface area (Å²) in [5.74, 6) is -0.0419. The van der Waals surface area contributed by atoms with Crippen molar-refractivity contribution in [3.8, 4) is 0 Å². The molecule has 3 aliphatic rings. The van der Waals surface area contributed by atoms with E-state index in [1.165, 1.54) is 0 Å². The number of hydrogen-bond donors (Lipinski definition) is 1. The molecule has 1 unspecified atom stereocenters. The van der Waals surface area contributed by atoms with Gasteiger partial charge >= 0.3 is 0 Å². The number of carbonyl (C=O) groups excluding carboxylic acids is 3. The Labute approximate surface area is 124 Å². The number of nitrogens with one attached hydrogen (secondary N) is 1. The van der Waals surface area contributed by atoms with Gasteiger partial charge in [-0.15, -0.1) is 0 Å². The molecule has 3 amide bonds. The van der Waals surface area contributed by atoms with E-state index in [9.17, 15) is 14.4 Å². The van der Waals surface area contributed by atoms with Crippen LogP contribution < -0.4 is 5.32 Å². The smallest absolute Gasteiger partial charge is 0.243 e. The van der Waals surface area contributed by atoms with Crippen molar-refractivity contribution in [2.75, 3.05) is 19.6 Å². The molecule has 2 aliphatic heterocycles. The molecule has 6 heteroatoms. The molecule has 1 atom stereocenters. The summed E-state index contributed by atoms with van der Waals surface area (Å²) in [6.45, 7) is 1.42. The fourth-order valence-corrected chi connectivity index (χ4v) is 3.15. The highest BCUT2D eigenvalue weighted by Gasteiger charge is 2.37. The second kappa shape index (κ2) is 6.03. The lowest BCUT2D eigenvalue weighted by molar-refractivity contribution is -0.144. The standard InChI is InChI=1S/C15H23N3O3/c19-13-5-1-2-8-17(13)10-14(20)18-9-3-4-12(18)15(21)16-11-6-7-11/h11-12H,1-10H2,(H,16,21). The fraction of sp³-hybridized carbons (Fsp3) is 0.800. The number of amides is 3. The number of piperidine rings is 1. The average molecular weight is 293 g/mol. The third-order valence-electron chi connectivity index (χ3n) is 4.55. The summed E-state index contributed by atoms with van der Waals surface area (Å²) in [5.41, 5.74) is 0. The van der Waals surface area contributed by atoms with Gasteiger partial charge in [-0.25, -0.2) is 0 Å². The van der Waals surface area contributed by atoms with Gasteiger partial charge in [-0.05, 0) is 38.5 Å². The maximum absolute atomic E-state index is 12.4. The van der Waals surface area contributed by atoms with E-state index in [0.717, 1.165) is 38.5 Å². The Morgan fingerprint density at radius 2 is 1.90 bits per heavy atom. The summed E-state index contributed by atoms with van der Waals surface area (Å²) in [7, 11) is 0. The molecule has 2 heterocycles. The molecule has 0 aromatic heterocycles. The largest absolute Gasteiger partial charge is 0.352 e. The molecule has 0 aromatic rings. The van der Waals surface area contributed by atoms with Crippen molar-refractivity contribution in [1.29, 1.82) is 0 Å². The van der Waals surface area contributed by atoms with Gasteiger partial charge in [-0.3, -0.25) is 14.4 Å². The van der Waals surface area contributed by atoms with E-state index in [2.05, 4.69) is 5.32 Å². The van der Waals surface area contributed by atoms with Crippen LogP contribution in [0.15, 0.2) is 0 Å².